The molecule has 0 saturated heterocycles. The lowest BCUT2D eigenvalue weighted by atomic mass is 9.93. The second-order valence-corrected chi connectivity index (χ2v) is 7.71. The monoisotopic (exact) mass is 319 g/mol. The van der Waals surface area contributed by atoms with Crippen molar-refractivity contribution < 1.29 is 0 Å². The first-order chi connectivity index (χ1) is 9.28. The zero-order chi connectivity index (χ0) is 13.0. The lowest BCUT2D eigenvalue weighted by molar-refractivity contribution is 0.376. The van der Waals surface area contributed by atoms with Gasteiger partial charge in [-0.15, -0.1) is 0 Å². The number of likely N-dealkylation sites (N-methyl/N-ethyl adjacent to an activating group) is 1. The Labute approximate surface area is 124 Å². The highest BCUT2D eigenvalue weighted by Gasteiger charge is 2.66. The summed E-state index contributed by atoms with van der Waals surface area (Å²) in [7, 11) is 2.15. The van der Waals surface area contributed by atoms with E-state index in [-0.39, 0.29) is 0 Å². The third kappa shape index (κ3) is 1.99. The Morgan fingerprint density at radius 3 is 2.63 bits per heavy atom. The average Bonchev–Trinajstić information content (AvgIpc) is 2.83. The van der Waals surface area contributed by atoms with Gasteiger partial charge in [-0.05, 0) is 80.0 Å². The quantitative estimate of drug-likeness (QED) is 0.888. The highest BCUT2D eigenvalue weighted by Crippen LogP contribution is 2.70. The largest absolute Gasteiger partial charge is 0.316 e. The molecule has 0 aromatic heterocycles. The standard InChI is InChI=1S/C17H22BrN/c1-19-14(8-10-3-2-4-13(18)7-10)17-15-11-5-6-12(9-11)16(15)17/h2-4,7,11-12,14-17,19H,5-6,8-9H2,1H3. The summed E-state index contributed by atoms with van der Waals surface area (Å²) in [5, 5.41) is 3.61. The fourth-order valence-electron chi connectivity index (χ4n) is 5.28. The molecule has 1 aromatic rings. The maximum Gasteiger partial charge on any atom is 0.0178 e. The third-order valence-corrected chi connectivity index (χ3v) is 6.47. The van der Waals surface area contributed by atoms with E-state index in [1.165, 1.54) is 29.3 Å². The van der Waals surface area contributed by atoms with Crippen LogP contribution in [0.25, 0.3) is 0 Å². The van der Waals surface area contributed by atoms with E-state index in [1.54, 1.807) is 6.42 Å². The van der Waals surface area contributed by atoms with Crippen molar-refractivity contribution in [3.8, 4) is 0 Å². The van der Waals surface area contributed by atoms with Gasteiger partial charge in [0.25, 0.3) is 0 Å². The van der Waals surface area contributed by atoms with Crippen molar-refractivity contribution in [1.29, 1.82) is 0 Å². The van der Waals surface area contributed by atoms with Gasteiger partial charge in [-0.1, -0.05) is 28.1 Å². The molecule has 0 radical (unpaired) electrons. The van der Waals surface area contributed by atoms with Crippen LogP contribution in [0.1, 0.15) is 24.8 Å². The van der Waals surface area contributed by atoms with Gasteiger partial charge >= 0.3 is 0 Å². The first-order valence-corrected chi connectivity index (χ1v) is 8.49. The van der Waals surface area contributed by atoms with E-state index >= 15 is 0 Å². The minimum Gasteiger partial charge on any atom is -0.316 e. The zero-order valence-corrected chi connectivity index (χ0v) is 13.1. The lowest BCUT2D eigenvalue weighted by Crippen LogP contribution is -2.32. The van der Waals surface area contributed by atoms with Crippen molar-refractivity contribution >= 4 is 15.9 Å². The Bertz CT molecular complexity index is 470. The van der Waals surface area contributed by atoms with Crippen molar-refractivity contribution in [2.45, 2.75) is 31.7 Å². The maximum absolute atomic E-state index is 3.61. The molecule has 3 aliphatic rings. The summed E-state index contributed by atoms with van der Waals surface area (Å²) in [5.74, 6) is 5.28. The fourth-order valence-corrected chi connectivity index (χ4v) is 5.73. The number of nitrogens with one attached hydrogen (secondary N) is 1. The van der Waals surface area contributed by atoms with Crippen LogP contribution in [0.15, 0.2) is 28.7 Å². The Kier molecular flexibility index (Phi) is 3.00. The first-order valence-electron chi connectivity index (χ1n) is 7.69. The van der Waals surface area contributed by atoms with E-state index in [2.05, 4.69) is 52.6 Å². The molecule has 4 rings (SSSR count). The molecule has 0 heterocycles. The van der Waals surface area contributed by atoms with Crippen LogP contribution in [0, 0.1) is 29.6 Å². The molecule has 1 N–H and O–H groups in total. The van der Waals surface area contributed by atoms with Crippen molar-refractivity contribution in [3.63, 3.8) is 0 Å². The molecule has 1 aromatic carbocycles. The summed E-state index contributed by atoms with van der Waals surface area (Å²) in [6.07, 6.45) is 5.79. The molecule has 2 heteroatoms. The maximum atomic E-state index is 3.61. The molecular weight excluding hydrogens is 298 g/mol. The van der Waals surface area contributed by atoms with Gasteiger partial charge in [0.1, 0.15) is 0 Å². The van der Waals surface area contributed by atoms with Crippen molar-refractivity contribution in [3.05, 3.63) is 34.3 Å². The minimum atomic E-state index is 0.688. The lowest BCUT2D eigenvalue weighted by Gasteiger charge is -2.20. The van der Waals surface area contributed by atoms with Crippen LogP contribution in [-0.4, -0.2) is 13.1 Å². The van der Waals surface area contributed by atoms with Gasteiger partial charge in [0, 0.05) is 10.5 Å². The topological polar surface area (TPSA) is 12.0 Å². The number of hydrogen-bond donors (Lipinski definition) is 1. The second kappa shape index (κ2) is 4.60. The van der Waals surface area contributed by atoms with Gasteiger partial charge in [-0.25, -0.2) is 0 Å². The predicted octanol–water partition coefficient (Wildman–Crippen LogP) is 3.87. The Balaban J connectivity index is 1.48. The summed E-state index contributed by atoms with van der Waals surface area (Å²) in [4.78, 5) is 0. The van der Waals surface area contributed by atoms with Crippen LogP contribution in [-0.2, 0) is 6.42 Å². The zero-order valence-electron chi connectivity index (χ0n) is 11.5. The molecule has 5 atom stereocenters. The molecule has 3 saturated carbocycles. The molecule has 1 nitrogen and oxygen atoms in total. The van der Waals surface area contributed by atoms with Gasteiger partial charge in [-0.2, -0.15) is 0 Å². The molecule has 0 spiro atoms. The van der Waals surface area contributed by atoms with Crippen LogP contribution in [0.3, 0.4) is 0 Å². The molecule has 0 aliphatic heterocycles. The number of halogens is 1. The van der Waals surface area contributed by atoms with Crippen LogP contribution < -0.4 is 5.32 Å². The number of hydrogen-bond acceptors (Lipinski definition) is 1. The first kappa shape index (κ1) is 12.4. The smallest absolute Gasteiger partial charge is 0.0178 e. The van der Waals surface area contributed by atoms with Crippen LogP contribution >= 0.6 is 15.9 Å². The predicted molar refractivity (Wildman–Crippen MR) is 82.0 cm³/mol. The van der Waals surface area contributed by atoms with Crippen LogP contribution in [0.2, 0.25) is 0 Å². The molecule has 2 bridgehead atoms. The average molecular weight is 320 g/mol. The highest BCUT2D eigenvalue weighted by molar-refractivity contribution is 9.10. The summed E-state index contributed by atoms with van der Waals surface area (Å²) >= 11 is 3.58. The van der Waals surface area contributed by atoms with E-state index in [4.69, 9.17) is 0 Å². The number of fused-ring (bicyclic) bond motifs is 5. The van der Waals surface area contributed by atoms with E-state index in [9.17, 15) is 0 Å². The Morgan fingerprint density at radius 2 is 2.00 bits per heavy atom. The summed E-state index contributed by atoms with van der Waals surface area (Å²) in [6, 6.07) is 9.50. The van der Waals surface area contributed by atoms with E-state index in [1.807, 2.05) is 0 Å². The van der Waals surface area contributed by atoms with Crippen molar-refractivity contribution in [1.82, 2.24) is 5.32 Å². The SMILES string of the molecule is CNC(Cc1cccc(Br)c1)C1C2C3CCC(C3)C21. The number of rotatable bonds is 4. The third-order valence-electron chi connectivity index (χ3n) is 5.97. The van der Waals surface area contributed by atoms with Crippen LogP contribution in [0.4, 0.5) is 0 Å². The molecule has 19 heavy (non-hydrogen) atoms. The van der Waals surface area contributed by atoms with Gasteiger partial charge in [0.15, 0.2) is 0 Å². The van der Waals surface area contributed by atoms with E-state index in [0.717, 1.165) is 29.6 Å². The summed E-state index contributed by atoms with van der Waals surface area (Å²) in [5.41, 5.74) is 1.46. The van der Waals surface area contributed by atoms with Gasteiger partial charge < -0.3 is 5.32 Å². The van der Waals surface area contributed by atoms with Gasteiger partial charge in [0.05, 0.1) is 0 Å². The molecular formula is C17H22BrN. The Morgan fingerprint density at radius 1 is 1.26 bits per heavy atom. The molecule has 3 aliphatic carbocycles. The number of benzene rings is 1. The highest BCUT2D eigenvalue weighted by atomic mass is 79.9. The Hall–Kier alpha value is -0.340. The minimum absolute atomic E-state index is 0.688. The van der Waals surface area contributed by atoms with Gasteiger partial charge in [-0.3, -0.25) is 0 Å². The fraction of sp³-hybridized carbons (Fsp3) is 0.647. The normalized spacial score (nSPS) is 40.2. The second-order valence-electron chi connectivity index (χ2n) is 6.79. The van der Waals surface area contributed by atoms with Crippen LogP contribution in [0.5, 0.6) is 0 Å². The van der Waals surface area contributed by atoms with E-state index < -0.39 is 0 Å². The van der Waals surface area contributed by atoms with Crippen molar-refractivity contribution in [2.24, 2.45) is 29.6 Å². The summed E-state index contributed by atoms with van der Waals surface area (Å²) < 4.78 is 1.20. The van der Waals surface area contributed by atoms with Gasteiger partial charge in [0.2, 0.25) is 0 Å². The molecule has 102 valence electrons. The van der Waals surface area contributed by atoms with E-state index in [0.29, 0.717) is 6.04 Å². The molecule has 0 amide bonds. The summed E-state index contributed by atoms with van der Waals surface area (Å²) in [6.45, 7) is 0. The molecule has 3 fully saturated rings. The van der Waals surface area contributed by atoms with Crippen molar-refractivity contribution in [2.75, 3.05) is 7.05 Å². The molecule has 5 unspecified atom stereocenters.